The van der Waals surface area contributed by atoms with Crippen LogP contribution in [-0.2, 0) is 17.6 Å². The Balaban J connectivity index is 1.30. The average molecular weight is 372 g/mol. The first-order chi connectivity index (χ1) is 13.8. The van der Waals surface area contributed by atoms with E-state index in [-0.39, 0.29) is 11.9 Å². The fourth-order valence-corrected chi connectivity index (χ4v) is 4.65. The van der Waals surface area contributed by atoms with E-state index in [0.717, 1.165) is 43.6 Å². The van der Waals surface area contributed by atoms with Gasteiger partial charge < -0.3 is 5.32 Å². The van der Waals surface area contributed by atoms with E-state index in [1.165, 1.54) is 11.1 Å². The molecule has 1 atom stereocenters. The van der Waals surface area contributed by atoms with E-state index in [1.54, 1.807) is 10.9 Å². The summed E-state index contributed by atoms with van der Waals surface area (Å²) in [6, 6.07) is 18.8. The summed E-state index contributed by atoms with van der Waals surface area (Å²) in [6.07, 6.45) is 7.76. The van der Waals surface area contributed by atoms with Crippen molar-refractivity contribution < 1.29 is 4.79 Å². The fraction of sp³-hybridized carbons (Fsp3) is 0.304. The molecule has 0 saturated carbocycles. The number of hydrogen-bond donors (Lipinski definition) is 1. The summed E-state index contributed by atoms with van der Waals surface area (Å²) in [6.45, 7) is 1.00. The van der Waals surface area contributed by atoms with E-state index in [9.17, 15) is 4.79 Å². The number of anilines is 1. The number of nitrogens with zero attached hydrogens (tertiary/aromatic N) is 3. The van der Waals surface area contributed by atoms with Crippen molar-refractivity contribution in [3.8, 4) is 5.69 Å². The van der Waals surface area contributed by atoms with Crippen molar-refractivity contribution in [1.82, 2.24) is 14.7 Å². The molecule has 5 rings (SSSR count). The highest BCUT2D eigenvalue weighted by atomic mass is 16.2. The Labute approximate surface area is 165 Å². The Morgan fingerprint density at radius 3 is 2.61 bits per heavy atom. The molecule has 1 unspecified atom stereocenters. The first-order valence-electron chi connectivity index (χ1n) is 10.0. The summed E-state index contributed by atoms with van der Waals surface area (Å²) in [5.41, 5.74) is 4.63. The highest BCUT2D eigenvalue weighted by Gasteiger charge is 2.37. The van der Waals surface area contributed by atoms with Gasteiger partial charge in [0.25, 0.3) is 0 Å². The largest absolute Gasteiger partial charge is 0.325 e. The first-order valence-corrected chi connectivity index (χ1v) is 10.0. The van der Waals surface area contributed by atoms with Crippen LogP contribution in [0.25, 0.3) is 5.69 Å². The van der Waals surface area contributed by atoms with Crippen LogP contribution in [0.4, 0.5) is 5.69 Å². The fourth-order valence-electron chi connectivity index (χ4n) is 4.65. The van der Waals surface area contributed by atoms with E-state index in [4.69, 9.17) is 0 Å². The van der Waals surface area contributed by atoms with Gasteiger partial charge in [-0.3, -0.25) is 9.69 Å². The summed E-state index contributed by atoms with van der Waals surface area (Å²) in [7, 11) is 0. The minimum absolute atomic E-state index is 0.0485. The van der Waals surface area contributed by atoms with Crippen molar-refractivity contribution in [2.45, 2.75) is 37.8 Å². The molecule has 2 heterocycles. The van der Waals surface area contributed by atoms with Crippen LogP contribution < -0.4 is 5.32 Å². The molecule has 2 aromatic carbocycles. The van der Waals surface area contributed by atoms with Crippen LogP contribution in [0.2, 0.25) is 0 Å². The van der Waals surface area contributed by atoms with Gasteiger partial charge in [0, 0.05) is 24.1 Å². The molecule has 1 aliphatic carbocycles. The van der Waals surface area contributed by atoms with Gasteiger partial charge in [-0.1, -0.05) is 30.3 Å². The van der Waals surface area contributed by atoms with Crippen LogP contribution in [0.15, 0.2) is 67.0 Å². The number of hydrogen-bond acceptors (Lipinski definition) is 3. The van der Waals surface area contributed by atoms with Crippen molar-refractivity contribution >= 4 is 11.6 Å². The number of likely N-dealkylation sites (tertiary alicyclic amines) is 1. The maximum absolute atomic E-state index is 13.1. The number of carbonyl (C=O) groups is 1. The molecule has 0 bridgehead atoms. The Morgan fingerprint density at radius 1 is 1.04 bits per heavy atom. The monoisotopic (exact) mass is 372 g/mol. The zero-order valence-corrected chi connectivity index (χ0v) is 15.8. The van der Waals surface area contributed by atoms with Crippen LogP contribution in [-0.4, -0.2) is 39.2 Å². The van der Waals surface area contributed by atoms with Gasteiger partial charge >= 0.3 is 0 Å². The van der Waals surface area contributed by atoms with E-state index in [0.29, 0.717) is 6.04 Å². The molecule has 5 heteroatoms. The number of fused-ring (bicyclic) bond motifs is 1. The first kappa shape index (κ1) is 17.2. The van der Waals surface area contributed by atoms with Crippen LogP contribution in [0.5, 0.6) is 0 Å². The molecule has 1 saturated heterocycles. The molecule has 2 aliphatic rings. The highest BCUT2D eigenvalue weighted by molar-refractivity contribution is 5.95. The predicted octanol–water partition coefficient (Wildman–Crippen LogP) is 3.44. The van der Waals surface area contributed by atoms with Crippen LogP contribution in [0, 0.1) is 0 Å². The summed E-state index contributed by atoms with van der Waals surface area (Å²) in [5, 5.41) is 7.40. The van der Waals surface area contributed by atoms with Gasteiger partial charge in [-0.25, -0.2) is 4.68 Å². The standard InChI is InChI=1S/C23H24N4O/c28-23(25-19-8-3-9-20(16-19)27-13-5-11-24-27)22-10-4-12-26(22)21-14-17-6-1-2-7-18(17)15-21/h1-3,5-9,11,13,16,21-22H,4,10,12,14-15H2,(H,25,28). The number of aromatic nitrogens is 2. The van der Waals surface area contributed by atoms with Crippen LogP contribution in [0.1, 0.15) is 24.0 Å². The molecule has 142 valence electrons. The van der Waals surface area contributed by atoms with Gasteiger partial charge in [-0.15, -0.1) is 0 Å². The lowest BCUT2D eigenvalue weighted by Crippen LogP contribution is -2.45. The molecule has 5 nitrogen and oxygen atoms in total. The third-order valence-corrected chi connectivity index (χ3v) is 5.98. The van der Waals surface area contributed by atoms with Gasteiger partial charge in [-0.05, 0) is 67.6 Å². The molecular weight excluding hydrogens is 348 g/mol. The maximum Gasteiger partial charge on any atom is 0.241 e. The average Bonchev–Trinajstić information content (AvgIpc) is 3.48. The molecule has 1 N–H and O–H groups in total. The summed E-state index contributed by atoms with van der Waals surface area (Å²) < 4.78 is 1.80. The Morgan fingerprint density at radius 2 is 1.86 bits per heavy atom. The van der Waals surface area contributed by atoms with E-state index in [2.05, 4.69) is 39.6 Å². The van der Waals surface area contributed by atoms with Gasteiger partial charge in [-0.2, -0.15) is 5.10 Å². The van der Waals surface area contributed by atoms with Gasteiger partial charge in [0.05, 0.1) is 11.7 Å². The molecule has 3 aromatic rings. The summed E-state index contributed by atoms with van der Waals surface area (Å²) >= 11 is 0. The van der Waals surface area contributed by atoms with Crippen molar-refractivity contribution in [1.29, 1.82) is 0 Å². The van der Waals surface area contributed by atoms with Crippen LogP contribution >= 0.6 is 0 Å². The Bertz CT molecular complexity index is 957. The molecule has 1 amide bonds. The quantitative estimate of drug-likeness (QED) is 0.763. The normalized spacial score (nSPS) is 19.6. The minimum Gasteiger partial charge on any atom is -0.325 e. The molecule has 0 radical (unpaired) electrons. The van der Waals surface area contributed by atoms with Crippen molar-refractivity contribution in [3.63, 3.8) is 0 Å². The molecular formula is C23H24N4O. The molecule has 1 aliphatic heterocycles. The zero-order chi connectivity index (χ0) is 18.9. The van der Waals surface area contributed by atoms with E-state index < -0.39 is 0 Å². The third kappa shape index (κ3) is 3.22. The smallest absolute Gasteiger partial charge is 0.241 e. The number of rotatable bonds is 4. The van der Waals surface area contributed by atoms with E-state index >= 15 is 0 Å². The molecule has 0 spiro atoms. The third-order valence-electron chi connectivity index (χ3n) is 5.98. The highest BCUT2D eigenvalue weighted by Crippen LogP contribution is 2.31. The van der Waals surface area contributed by atoms with Gasteiger partial charge in [0.2, 0.25) is 5.91 Å². The lowest BCUT2D eigenvalue weighted by molar-refractivity contribution is -0.121. The topological polar surface area (TPSA) is 50.2 Å². The number of amides is 1. The lowest BCUT2D eigenvalue weighted by atomic mass is 10.1. The predicted molar refractivity (Wildman–Crippen MR) is 110 cm³/mol. The van der Waals surface area contributed by atoms with Gasteiger partial charge in [0.1, 0.15) is 0 Å². The van der Waals surface area contributed by atoms with Crippen LogP contribution in [0.3, 0.4) is 0 Å². The second-order valence-corrected chi connectivity index (χ2v) is 7.72. The molecule has 1 fully saturated rings. The summed E-state index contributed by atoms with van der Waals surface area (Å²) in [4.78, 5) is 15.5. The number of nitrogens with one attached hydrogen (secondary N) is 1. The molecule has 1 aromatic heterocycles. The lowest BCUT2D eigenvalue weighted by Gasteiger charge is -2.29. The summed E-state index contributed by atoms with van der Waals surface area (Å²) in [5.74, 6) is 0.103. The molecule has 28 heavy (non-hydrogen) atoms. The maximum atomic E-state index is 13.1. The van der Waals surface area contributed by atoms with Crippen molar-refractivity contribution in [3.05, 3.63) is 78.1 Å². The number of benzene rings is 2. The second-order valence-electron chi connectivity index (χ2n) is 7.72. The van der Waals surface area contributed by atoms with Gasteiger partial charge in [0.15, 0.2) is 0 Å². The van der Waals surface area contributed by atoms with Crippen molar-refractivity contribution in [2.24, 2.45) is 0 Å². The Kier molecular flexibility index (Phi) is 4.45. The minimum atomic E-state index is -0.0485. The Hall–Kier alpha value is -2.92. The second kappa shape index (κ2) is 7.24. The zero-order valence-electron chi connectivity index (χ0n) is 15.8. The van der Waals surface area contributed by atoms with E-state index in [1.807, 2.05) is 36.5 Å². The number of carbonyl (C=O) groups excluding carboxylic acids is 1. The SMILES string of the molecule is O=C(Nc1cccc(-n2cccn2)c1)C1CCCN1C1Cc2ccccc2C1. The van der Waals surface area contributed by atoms with Crippen molar-refractivity contribution in [2.75, 3.05) is 11.9 Å².